The zero-order valence-electron chi connectivity index (χ0n) is 73.5. The molecule has 2 aliphatic rings. The average molecular weight is 2100 g/mol. The van der Waals surface area contributed by atoms with Crippen LogP contribution in [0.3, 0.4) is 0 Å². The summed E-state index contributed by atoms with van der Waals surface area (Å²) in [6.07, 6.45) is 7.74. The molecule has 810 valence electrons. The molecule has 13 rings (SSSR count). The number of benzene rings is 11. The molecule has 0 radical (unpaired) electrons. The predicted molar refractivity (Wildman–Crippen MR) is 694 cm³/mol. The highest BCUT2D eigenvalue weighted by Gasteiger charge is 2.47. The number of amides is 1. The molecule has 1 amide bonds. The zero-order chi connectivity index (χ0) is 85.5. The van der Waals surface area contributed by atoms with Gasteiger partial charge in [0, 0.05) is 5.57 Å². The summed E-state index contributed by atoms with van der Waals surface area (Å²) in [7, 11) is -12.8. The summed E-state index contributed by atoms with van der Waals surface area (Å²) in [5.74, 6) is -0.215. The van der Waals surface area contributed by atoms with Crippen molar-refractivity contribution in [3.05, 3.63) is 357 Å². The summed E-state index contributed by atoms with van der Waals surface area (Å²) in [5, 5.41) is 31.6. The Kier molecular flexibility index (Phi) is 88.7. The topological polar surface area (TPSA) is 107 Å². The smallest absolute Gasteiger partial charge is 0.273 e. The van der Waals surface area contributed by atoms with Crippen LogP contribution >= 0.6 is 0 Å². The summed E-state index contributed by atoms with van der Waals surface area (Å²) in [5.41, 5.74) is 7.75. The Labute approximate surface area is 896 Å². The first kappa shape index (κ1) is 167. The van der Waals surface area contributed by atoms with Crippen LogP contribution in [0.4, 0.5) is 17.1 Å². The molecule has 143 heavy (non-hydrogen) atoms. The number of anilines is 3. The number of rotatable bonds is 32. The van der Waals surface area contributed by atoms with Gasteiger partial charge in [0.25, 0.3) is 5.91 Å². The van der Waals surface area contributed by atoms with E-state index in [1.807, 2.05) is 89.2 Å². The van der Waals surface area contributed by atoms with Gasteiger partial charge >= 0.3 is 0 Å². The number of para-hydroxylation sites is 3. The SMILES string of the molecule is C.C.C.C.C.C.C.C.C.C.C.C.C.C.C.C.C.C.C.C.C.C.C.C.C=C(C)C(=O)N(/N=C/c1ccc([Si](C)(C)[Si](C)(C)c2ccccc2)cc1)c1ccccc1.C=COCCN(/N=C/c1ccc([Si](C)(C)[Si](C)(C)c2ccccc2)cc1)c1ccccc1.C[Si](C)(c1ccccc1)[Si](C)(C)c1ccc(/C=N/N(CC2CO2)c2ccccc2)cc1.C[Si](C)(c1ccccc1)[Si](C)(C)c1ccc(COCC2CO2)cc1. The Morgan fingerprint density at radius 1 is 0.315 bits per heavy atom. The van der Waals surface area contributed by atoms with Crippen LogP contribution in [0.15, 0.2) is 350 Å². The zero-order valence-corrected chi connectivity index (χ0v) is 81.5. The molecule has 2 saturated heterocycles. The van der Waals surface area contributed by atoms with Gasteiger partial charge in [-0.1, -0.05) is 611 Å². The number of nitrogens with zero attached hydrogens (tertiary/aromatic N) is 6. The highest BCUT2D eigenvalue weighted by atomic mass is 29.3. The minimum absolute atomic E-state index is 0. The second-order valence-corrected chi connectivity index (χ2v) is 96.0. The van der Waals surface area contributed by atoms with E-state index in [2.05, 4.69) is 366 Å². The molecule has 0 spiro atoms. The van der Waals surface area contributed by atoms with Crippen LogP contribution in [0.2, 0.25) is 105 Å². The fourth-order valence-electron chi connectivity index (χ4n) is 14.4. The normalized spacial score (nSPS) is 11.9. The van der Waals surface area contributed by atoms with Gasteiger partial charge in [-0.2, -0.15) is 20.3 Å². The largest absolute Gasteiger partial charge is 0.500 e. The van der Waals surface area contributed by atoms with E-state index in [-0.39, 0.29) is 190 Å². The minimum Gasteiger partial charge on any atom is -0.500 e. The minimum atomic E-state index is -1.68. The lowest BCUT2D eigenvalue weighted by atomic mass is 10.2. The Balaban J connectivity index is -0.000000112. The Morgan fingerprint density at radius 2 is 0.538 bits per heavy atom. The van der Waals surface area contributed by atoms with Crippen LogP contribution in [0.1, 0.15) is 207 Å². The lowest BCUT2D eigenvalue weighted by molar-refractivity contribution is -0.115. The Morgan fingerprint density at radius 3 is 0.790 bits per heavy atom. The van der Waals surface area contributed by atoms with E-state index < -0.39 is 60.7 Å². The monoisotopic (exact) mass is 2100 g/mol. The van der Waals surface area contributed by atoms with E-state index in [1.165, 1.54) is 37.6 Å². The van der Waals surface area contributed by atoms with Crippen molar-refractivity contribution in [2.24, 2.45) is 15.3 Å². The molecule has 11 aromatic carbocycles. The molecule has 0 aliphatic carbocycles. The quantitative estimate of drug-likeness (QED) is 0.00786. The first-order chi connectivity index (χ1) is 56.8. The maximum Gasteiger partial charge on any atom is 0.273 e. The molecule has 0 N–H and O–H groups in total. The van der Waals surface area contributed by atoms with Gasteiger partial charge in [-0.05, 0) is 65.6 Å². The van der Waals surface area contributed by atoms with Gasteiger partial charge in [-0.15, -0.1) is 0 Å². The second-order valence-electron chi connectivity index (χ2n) is 35.3. The third kappa shape index (κ3) is 43.9. The Hall–Kier alpha value is -9.60. The van der Waals surface area contributed by atoms with Gasteiger partial charge in [-0.25, -0.2) is 0 Å². The molecule has 2 atom stereocenters. The molecule has 2 fully saturated rings. The molecule has 2 heterocycles. The van der Waals surface area contributed by atoms with Crippen LogP contribution in [-0.2, 0) is 30.3 Å². The Bertz CT molecular complexity index is 5080. The van der Waals surface area contributed by atoms with Crippen molar-refractivity contribution in [2.45, 2.75) is 309 Å². The van der Waals surface area contributed by atoms with Gasteiger partial charge in [0.05, 0.1) is 142 Å². The van der Waals surface area contributed by atoms with Crippen LogP contribution in [0, 0.1) is 0 Å². The maximum atomic E-state index is 12.6. The molecule has 11 nitrogen and oxygen atoms in total. The molecule has 0 saturated carbocycles. The number of hydrogen-bond acceptors (Lipinski definition) is 10. The lowest BCUT2D eigenvalue weighted by Crippen LogP contribution is -2.69. The molecular formula is C124H222N6O5Si8. The molecule has 0 bridgehead atoms. The fraction of sp³-hybridized carbons (Fsp3) is 0.403. The van der Waals surface area contributed by atoms with E-state index in [1.54, 1.807) is 33.9 Å². The van der Waals surface area contributed by atoms with Gasteiger partial charge in [0.15, 0.2) is 0 Å². The molecule has 2 unspecified atom stereocenters. The van der Waals surface area contributed by atoms with Gasteiger partial charge in [-0.3, -0.25) is 14.8 Å². The molecule has 11 aromatic rings. The van der Waals surface area contributed by atoms with Crippen LogP contribution in [-0.4, -0.2) is 137 Å². The van der Waals surface area contributed by atoms with E-state index >= 15 is 0 Å². The van der Waals surface area contributed by atoms with Crippen LogP contribution < -0.4 is 56.5 Å². The van der Waals surface area contributed by atoms with E-state index in [4.69, 9.17) is 29.2 Å². The average Bonchev–Trinajstić information content (AvgIpc) is 1.78. The van der Waals surface area contributed by atoms with Gasteiger partial charge < -0.3 is 18.9 Å². The lowest BCUT2D eigenvalue weighted by Gasteiger charge is -2.39. The molecule has 0 aromatic heterocycles. The van der Waals surface area contributed by atoms with Crippen molar-refractivity contribution in [3.8, 4) is 0 Å². The number of carbonyl (C=O) groups excluding carboxylic acids is 1. The predicted octanol–water partition coefficient (Wildman–Crippen LogP) is 33.5. The van der Waals surface area contributed by atoms with Gasteiger partial charge in [0.1, 0.15) is 18.8 Å². The standard InChI is InChI=1S/C27H32N2OSi2.C27H34N2OSi2.C26H32N2OSi2.C20H28O2Si2.24CH4/c1-22(2)27(30)29(24-13-9-7-10-14-24)28-21-23-17-19-26(20-18-23)32(5,6)31(3,4)25-15-11-8-12-16-25;1-6-30-22-21-29(25-13-9-7-10-14-25)28-23-24-17-19-27(20-18-24)32(4,5)31(2,3)26-15-11-8-12-16-26;1-30(2,25-13-9-6-10-14-25)31(3,4)26-17-15-22(16-18-26)19-27-28(20-24-21-29-24)23-11-7-5-8-12-23;1-23(2,19-8-6-5-7-9-19)24(3,4)20-12-10-17(11-13-20)14-21-15-18-16-22-18;;;;;;;;;;;;;;;;;;;;;;;;/h7-21H,1H2,2-6H3;6-20,23H,1,21-22H2,2-5H3;5-19,24H,20-21H2,1-4H3;5-13,18H,14-16H2,1-4H3;24*1H4/b28-21+;28-23+;27-19+;;;;;;;;;;;;;;;;;;;;;;;;;. The van der Waals surface area contributed by atoms with Crippen molar-refractivity contribution in [2.75, 3.05) is 54.5 Å². The highest BCUT2D eigenvalue weighted by molar-refractivity contribution is 7.51. The van der Waals surface area contributed by atoms with Crippen molar-refractivity contribution in [3.63, 3.8) is 0 Å². The van der Waals surface area contributed by atoms with Crippen molar-refractivity contribution in [1.82, 2.24) is 0 Å². The fourth-order valence-corrected chi connectivity index (χ4v) is 49.6. The summed E-state index contributed by atoms with van der Waals surface area (Å²) in [6.45, 7) is 54.4. The van der Waals surface area contributed by atoms with Crippen molar-refractivity contribution < 1.29 is 23.7 Å². The second kappa shape index (κ2) is 76.0. The molecule has 19 heteroatoms. The molecule has 2 aliphatic heterocycles. The van der Waals surface area contributed by atoms with Crippen molar-refractivity contribution >= 4 is 144 Å². The van der Waals surface area contributed by atoms with Crippen LogP contribution in [0.25, 0.3) is 0 Å². The third-order valence-corrected chi connectivity index (χ3v) is 96.9. The van der Waals surface area contributed by atoms with E-state index in [0.29, 0.717) is 31.4 Å². The maximum absolute atomic E-state index is 12.6. The summed E-state index contributed by atoms with van der Waals surface area (Å²) < 4.78 is 21.6. The number of hydrogen-bond donors (Lipinski definition) is 0. The number of ether oxygens (including phenoxy) is 4. The van der Waals surface area contributed by atoms with Gasteiger partial charge in [0.2, 0.25) is 0 Å². The van der Waals surface area contributed by atoms with Crippen molar-refractivity contribution in [1.29, 1.82) is 0 Å². The van der Waals surface area contributed by atoms with E-state index in [9.17, 15) is 4.79 Å². The molecular weight excluding hydrogens is 1880 g/mol. The number of hydrazone groups is 3. The summed E-state index contributed by atoms with van der Waals surface area (Å²) >= 11 is 0. The van der Waals surface area contributed by atoms with Crippen LogP contribution in [0.5, 0.6) is 0 Å². The number of carbonyl (C=O) groups is 1. The summed E-state index contributed by atoms with van der Waals surface area (Å²) in [4.78, 5) is 12.6. The van der Waals surface area contributed by atoms with E-state index in [0.717, 1.165) is 60.1 Å². The summed E-state index contributed by atoms with van der Waals surface area (Å²) in [6, 6.07) is 110. The third-order valence-electron chi connectivity index (χ3n) is 25.8. The number of epoxide rings is 2. The highest BCUT2D eigenvalue weighted by Crippen LogP contribution is 2.27. The first-order valence-electron chi connectivity index (χ1n) is 41.8. The first-order valence-corrected chi connectivity index (χ1v) is 69.8.